The number of aromatic amines is 1. The van der Waals surface area contributed by atoms with Crippen molar-refractivity contribution in [1.82, 2.24) is 9.97 Å². The lowest BCUT2D eigenvalue weighted by molar-refractivity contribution is -0.116. The Kier molecular flexibility index (Phi) is 8.21. The van der Waals surface area contributed by atoms with E-state index in [9.17, 15) is 9.59 Å². The van der Waals surface area contributed by atoms with Crippen LogP contribution in [0, 0.1) is 0 Å². The highest BCUT2D eigenvalue weighted by atomic mass is 16.5. The van der Waals surface area contributed by atoms with Gasteiger partial charge >= 0.3 is 0 Å². The van der Waals surface area contributed by atoms with Crippen LogP contribution in [0.25, 0.3) is 33.3 Å². The summed E-state index contributed by atoms with van der Waals surface area (Å²) in [6, 6.07) is 27.0. The van der Waals surface area contributed by atoms with E-state index in [1.807, 2.05) is 80.7 Å². The predicted molar refractivity (Wildman–Crippen MR) is 158 cm³/mol. The molecule has 0 aliphatic carbocycles. The van der Waals surface area contributed by atoms with Crippen molar-refractivity contribution in [1.29, 1.82) is 0 Å². The van der Waals surface area contributed by atoms with Crippen molar-refractivity contribution in [3.8, 4) is 33.9 Å². The predicted octanol–water partition coefficient (Wildman–Crippen LogP) is 7.30. The molecule has 40 heavy (non-hydrogen) atoms. The third kappa shape index (κ3) is 6.21. The molecule has 2 aromatic heterocycles. The number of ketones is 1. The van der Waals surface area contributed by atoms with E-state index in [1.165, 1.54) is 0 Å². The molecule has 202 valence electrons. The molecule has 0 saturated heterocycles. The number of fused-ring (bicyclic) bond motifs is 1. The second-order valence-corrected chi connectivity index (χ2v) is 9.27. The zero-order valence-electron chi connectivity index (χ0n) is 22.6. The fourth-order valence-electron chi connectivity index (χ4n) is 4.55. The number of amides is 1. The molecular formula is C33H31N3O4. The van der Waals surface area contributed by atoms with E-state index in [2.05, 4.69) is 16.4 Å². The third-order valence-electron chi connectivity index (χ3n) is 6.49. The summed E-state index contributed by atoms with van der Waals surface area (Å²) in [6.45, 7) is 4.71. The van der Waals surface area contributed by atoms with Crippen molar-refractivity contribution in [2.24, 2.45) is 0 Å². The zero-order valence-corrected chi connectivity index (χ0v) is 22.6. The Balaban J connectivity index is 1.34. The molecule has 0 radical (unpaired) electrons. The molecule has 0 unspecified atom stereocenters. The van der Waals surface area contributed by atoms with Gasteiger partial charge in [-0.2, -0.15) is 0 Å². The van der Waals surface area contributed by atoms with Gasteiger partial charge in [0.2, 0.25) is 5.91 Å². The molecule has 5 aromatic rings. The summed E-state index contributed by atoms with van der Waals surface area (Å²) in [5, 5.41) is 4.00. The summed E-state index contributed by atoms with van der Waals surface area (Å²) in [7, 11) is 0. The molecule has 0 aliphatic rings. The Labute approximate surface area is 233 Å². The van der Waals surface area contributed by atoms with Gasteiger partial charge in [0.05, 0.1) is 18.9 Å². The van der Waals surface area contributed by atoms with Crippen LogP contribution >= 0.6 is 0 Å². The van der Waals surface area contributed by atoms with E-state index in [-0.39, 0.29) is 24.5 Å². The Morgan fingerprint density at radius 2 is 1.57 bits per heavy atom. The second kappa shape index (κ2) is 12.3. The number of H-pyrrole nitrogens is 1. The number of benzene rings is 3. The van der Waals surface area contributed by atoms with Crippen LogP contribution in [-0.4, -0.2) is 34.9 Å². The number of hydrogen-bond donors (Lipinski definition) is 2. The van der Waals surface area contributed by atoms with Crippen molar-refractivity contribution in [3.05, 3.63) is 96.7 Å². The van der Waals surface area contributed by atoms with E-state index >= 15 is 0 Å². The maximum absolute atomic E-state index is 12.9. The van der Waals surface area contributed by atoms with Gasteiger partial charge in [0.1, 0.15) is 5.82 Å². The molecule has 0 fully saturated rings. The first-order chi connectivity index (χ1) is 19.5. The van der Waals surface area contributed by atoms with Crippen molar-refractivity contribution >= 4 is 28.4 Å². The minimum atomic E-state index is -0.283. The minimum Gasteiger partial charge on any atom is -0.490 e. The van der Waals surface area contributed by atoms with Crippen LogP contribution in [0.15, 0.2) is 91.1 Å². The average Bonchev–Trinajstić information content (AvgIpc) is 3.45. The SMILES string of the molecule is CCOc1ccc(C(=O)CCC(=O)Nc2cc(-c3ccc4[nH]ccc4c3)cc(-c3ccccc3)n2)cc1OCC. The Bertz CT molecular complexity index is 1640. The molecule has 0 spiro atoms. The number of anilines is 1. The molecule has 0 bridgehead atoms. The van der Waals surface area contributed by atoms with Crippen LogP contribution in [0.1, 0.15) is 37.0 Å². The molecule has 0 atom stereocenters. The van der Waals surface area contributed by atoms with Gasteiger partial charge in [-0.15, -0.1) is 0 Å². The summed E-state index contributed by atoms with van der Waals surface area (Å²) < 4.78 is 11.2. The fourth-order valence-corrected chi connectivity index (χ4v) is 4.55. The van der Waals surface area contributed by atoms with Gasteiger partial charge in [0.25, 0.3) is 0 Å². The number of hydrogen-bond acceptors (Lipinski definition) is 5. The zero-order chi connectivity index (χ0) is 27.9. The molecular weight excluding hydrogens is 502 g/mol. The van der Waals surface area contributed by atoms with Crippen LogP contribution < -0.4 is 14.8 Å². The lowest BCUT2D eigenvalue weighted by Gasteiger charge is -2.12. The monoisotopic (exact) mass is 533 g/mol. The van der Waals surface area contributed by atoms with Gasteiger partial charge in [0, 0.05) is 35.7 Å². The second-order valence-electron chi connectivity index (χ2n) is 9.27. The molecule has 0 aliphatic heterocycles. The van der Waals surface area contributed by atoms with Crippen LogP contribution in [0.5, 0.6) is 11.5 Å². The topological polar surface area (TPSA) is 93.3 Å². The minimum absolute atomic E-state index is 0.0257. The summed E-state index contributed by atoms with van der Waals surface area (Å²) in [4.78, 5) is 33.8. The molecule has 3 aromatic carbocycles. The van der Waals surface area contributed by atoms with Gasteiger partial charge < -0.3 is 19.8 Å². The third-order valence-corrected chi connectivity index (χ3v) is 6.49. The number of nitrogens with one attached hydrogen (secondary N) is 2. The van der Waals surface area contributed by atoms with Gasteiger partial charge in [-0.25, -0.2) is 4.98 Å². The van der Waals surface area contributed by atoms with Gasteiger partial charge in [-0.1, -0.05) is 36.4 Å². The lowest BCUT2D eigenvalue weighted by atomic mass is 10.0. The lowest BCUT2D eigenvalue weighted by Crippen LogP contribution is -2.15. The Hall–Kier alpha value is -4.91. The Morgan fingerprint density at radius 3 is 2.38 bits per heavy atom. The van der Waals surface area contributed by atoms with Crippen molar-refractivity contribution < 1.29 is 19.1 Å². The molecule has 1 amide bonds. The van der Waals surface area contributed by atoms with Crippen LogP contribution in [0.2, 0.25) is 0 Å². The van der Waals surface area contributed by atoms with E-state index < -0.39 is 0 Å². The number of carbonyl (C=O) groups excluding carboxylic acids is 2. The number of rotatable bonds is 11. The van der Waals surface area contributed by atoms with Crippen LogP contribution in [0.3, 0.4) is 0 Å². The van der Waals surface area contributed by atoms with E-state index in [0.29, 0.717) is 36.1 Å². The first kappa shape index (κ1) is 26.7. The number of Topliss-reactive ketones (excluding diaryl/α,β-unsaturated/α-hetero) is 1. The smallest absolute Gasteiger partial charge is 0.225 e. The molecule has 0 saturated carbocycles. The van der Waals surface area contributed by atoms with Crippen molar-refractivity contribution in [2.75, 3.05) is 18.5 Å². The highest BCUT2D eigenvalue weighted by Crippen LogP contribution is 2.31. The van der Waals surface area contributed by atoms with Gasteiger partial charge in [0.15, 0.2) is 17.3 Å². The Morgan fingerprint density at radius 1 is 0.775 bits per heavy atom. The van der Waals surface area contributed by atoms with E-state index in [0.717, 1.165) is 33.3 Å². The number of carbonyl (C=O) groups is 2. The van der Waals surface area contributed by atoms with E-state index in [4.69, 9.17) is 14.5 Å². The highest BCUT2D eigenvalue weighted by Gasteiger charge is 2.15. The van der Waals surface area contributed by atoms with Crippen LogP contribution in [0.4, 0.5) is 5.82 Å². The summed E-state index contributed by atoms with van der Waals surface area (Å²) in [5.41, 5.74) is 5.17. The number of pyridine rings is 1. The molecule has 2 heterocycles. The molecule has 7 nitrogen and oxygen atoms in total. The summed E-state index contributed by atoms with van der Waals surface area (Å²) in [5.74, 6) is 1.11. The van der Waals surface area contributed by atoms with E-state index in [1.54, 1.807) is 18.2 Å². The largest absolute Gasteiger partial charge is 0.490 e. The van der Waals surface area contributed by atoms with Gasteiger partial charge in [-0.3, -0.25) is 9.59 Å². The maximum atomic E-state index is 12.9. The standard InChI is InChI=1S/C33H31N3O4/c1-3-39-30-14-11-25(20-31(30)40-4-2)29(37)13-15-33(38)36-32-21-26(19-28(35-32)22-8-6-5-7-9-22)23-10-12-27-24(18-23)16-17-34-27/h5-12,14,16-21,34H,3-4,13,15H2,1-2H3,(H,35,36,38). The quantitative estimate of drug-likeness (QED) is 0.174. The maximum Gasteiger partial charge on any atom is 0.225 e. The summed E-state index contributed by atoms with van der Waals surface area (Å²) in [6.07, 6.45) is 1.99. The fraction of sp³-hybridized carbons (Fsp3) is 0.182. The first-order valence-corrected chi connectivity index (χ1v) is 13.4. The van der Waals surface area contributed by atoms with Crippen molar-refractivity contribution in [2.45, 2.75) is 26.7 Å². The number of aromatic nitrogens is 2. The molecule has 7 heteroatoms. The van der Waals surface area contributed by atoms with Gasteiger partial charge in [-0.05, 0) is 78.9 Å². The molecule has 2 N–H and O–H groups in total. The normalized spacial score (nSPS) is 10.8. The first-order valence-electron chi connectivity index (χ1n) is 13.4. The molecule has 5 rings (SSSR count). The van der Waals surface area contributed by atoms with Crippen LogP contribution in [-0.2, 0) is 4.79 Å². The summed E-state index contributed by atoms with van der Waals surface area (Å²) >= 11 is 0. The van der Waals surface area contributed by atoms with Crippen molar-refractivity contribution in [3.63, 3.8) is 0 Å². The highest BCUT2D eigenvalue weighted by molar-refractivity contribution is 6.00. The average molecular weight is 534 g/mol. The number of nitrogens with zero attached hydrogens (tertiary/aromatic N) is 1. The number of ether oxygens (including phenoxy) is 2.